The van der Waals surface area contributed by atoms with Gasteiger partial charge in [-0.25, -0.2) is 0 Å². The van der Waals surface area contributed by atoms with Gasteiger partial charge in [0.1, 0.15) is 0 Å². The highest BCUT2D eigenvalue weighted by Gasteiger charge is 2.27. The number of likely N-dealkylation sites (tertiary alicyclic amines) is 1. The molecule has 1 aliphatic heterocycles. The molecule has 0 radical (unpaired) electrons. The Bertz CT molecular complexity index is 381. The van der Waals surface area contributed by atoms with Crippen LogP contribution in [-0.2, 0) is 11.3 Å². The molecule has 1 heterocycles. The number of carbonyl (C=O) groups excluding carboxylic acids is 1. The van der Waals surface area contributed by atoms with Crippen LogP contribution in [0, 0.1) is 5.92 Å². The van der Waals surface area contributed by atoms with Gasteiger partial charge in [-0.05, 0) is 18.5 Å². The quantitative estimate of drug-likeness (QED) is 0.803. The zero-order valence-corrected chi connectivity index (χ0v) is 10.5. The van der Waals surface area contributed by atoms with Crippen LogP contribution in [0.3, 0.4) is 0 Å². The van der Waals surface area contributed by atoms with Gasteiger partial charge in [-0.3, -0.25) is 9.69 Å². The zero-order chi connectivity index (χ0) is 12.8. The van der Waals surface area contributed by atoms with Crippen molar-refractivity contribution in [2.45, 2.75) is 13.0 Å². The fourth-order valence-corrected chi connectivity index (χ4v) is 2.36. The Balaban J connectivity index is 1.80. The molecule has 1 aromatic rings. The summed E-state index contributed by atoms with van der Waals surface area (Å²) >= 11 is 0. The first kappa shape index (κ1) is 13.1. The monoisotopic (exact) mass is 248 g/mol. The van der Waals surface area contributed by atoms with Gasteiger partial charge in [0.15, 0.2) is 0 Å². The normalized spacial score (nSPS) is 19.9. The molecule has 98 valence electrons. The predicted octanol–water partition coefficient (Wildman–Crippen LogP) is 0.617. The van der Waals surface area contributed by atoms with Crippen LogP contribution in [-0.4, -0.2) is 42.2 Å². The van der Waals surface area contributed by atoms with Gasteiger partial charge in [-0.2, -0.15) is 0 Å². The van der Waals surface area contributed by atoms with E-state index in [1.54, 1.807) is 0 Å². The van der Waals surface area contributed by atoms with Crippen LogP contribution < -0.4 is 5.32 Å². The molecule has 1 saturated heterocycles. The van der Waals surface area contributed by atoms with Crippen LogP contribution in [0.1, 0.15) is 12.0 Å². The number of hydrogen-bond acceptors (Lipinski definition) is 3. The Morgan fingerprint density at radius 2 is 2.17 bits per heavy atom. The Hall–Kier alpha value is -1.39. The van der Waals surface area contributed by atoms with E-state index in [4.69, 9.17) is 5.11 Å². The number of benzene rings is 1. The predicted molar refractivity (Wildman–Crippen MR) is 69.9 cm³/mol. The zero-order valence-electron chi connectivity index (χ0n) is 10.5. The average Bonchev–Trinajstić information content (AvgIpc) is 2.86. The van der Waals surface area contributed by atoms with Crippen molar-refractivity contribution in [3.63, 3.8) is 0 Å². The minimum absolute atomic E-state index is 0.00614. The van der Waals surface area contributed by atoms with E-state index in [2.05, 4.69) is 22.3 Å². The summed E-state index contributed by atoms with van der Waals surface area (Å²) in [4.78, 5) is 14.1. The second kappa shape index (κ2) is 6.52. The van der Waals surface area contributed by atoms with Gasteiger partial charge in [-0.15, -0.1) is 0 Å². The van der Waals surface area contributed by atoms with Gasteiger partial charge >= 0.3 is 0 Å². The number of nitrogens with zero attached hydrogens (tertiary/aromatic N) is 1. The fourth-order valence-electron chi connectivity index (χ4n) is 2.36. The molecule has 4 nitrogen and oxygen atoms in total. The van der Waals surface area contributed by atoms with E-state index in [1.165, 1.54) is 5.56 Å². The van der Waals surface area contributed by atoms with Gasteiger partial charge in [-0.1, -0.05) is 30.3 Å². The molecule has 0 spiro atoms. The summed E-state index contributed by atoms with van der Waals surface area (Å²) in [6.07, 6.45) is 0.907. The SMILES string of the molecule is O=C(NCCO)C1CCN(Cc2ccccc2)C1. The molecule has 0 aromatic heterocycles. The number of nitrogens with one attached hydrogen (secondary N) is 1. The third-order valence-electron chi connectivity index (χ3n) is 3.30. The lowest BCUT2D eigenvalue weighted by Crippen LogP contribution is -2.34. The molecule has 0 saturated carbocycles. The van der Waals surface area contributed by atoms with Gasteiger partial charge in [0.25, 0.3) is 0 Å². The summed E-state index contributed by atoms with van der Waals surface area (Å²) in [6.45, 7) is 3.04. The van der Waals surface area contributed by atoms with E-state index in [9.17, 15) is 4.79 Å². The molecule has 4 heteroatoms. The van der Waals surface area contributed by atoms with Crippen LogP contribution >= 0.6 is 0 Å². The molecule has 0 aliphatic carbocycles. The number of amides is 1. The van der Waals surface area contributed by atoms with Crippen molar-refractivity contribution in [1.82, 2.24) is 10.2 Å². The maximum absolute atomic E-state index is 11.8. The molecule has 1 unspecified atom stereocenters. The van der Waals surface area contributed by atoms with E-state index in [1.807, 2.05) is 18.2 Å². The minimum atomic E-state index is 0.00614. The van der Waals surface area contributed by atoms with Crippen LogP contribution in [0.2, 0.25) is 0 Å². The highest BCUT2D eigenvalue weighted by Crippen LogP contribution is 2.18. The third kappa shape index (κ3) is 3.55. The smallest absolute Gasteiger partial charge is 0.224 e. The van der Waals surface area contributed by atoms with Crippen LogP contribution in [0.15, 0.2) is 30.3 Å². The first-order chi connectivity index (χ1) is 8.79. The van der Waals surface area contributed by atoms with Crippen molar-refractivity contribution in [2.75, 3.05) is 26.2 Å². The number of rotatable bonds is 5. The molecule has 1 aliphatic rings. The first-order valence-electron chi connectivity index (χ1n) is 6.44. The third-order valence-corrected chi connectivity index (χ3v) is 3.30. The van der Waals surface area contributed by atoms with Crippen molar-refractivity contribution in [2.24, 2.45) is 5.92 Å². The Kier molecular flexibility index (Phi) is 4.73. The van der Waals surface area contributed by atoms with Crippen LogP contribution in [0.5, 0.6) is 0 Å². The van der Waals surface area contributed by atoms with Crippen LogP contribution in [0.4, 0.5) is 0 Å². The van der Waals surface area contributed by atoms with Gasteiger partial charge in [0.2, 0.25) is 5.91 Å². The topological polar surface area (TPSA) is 52.6 Å². The van der Waals surface area contributed by atoms with E-state index >= 15 is 0 Å². The van der Waals surface area contributed by atoms with E-state index in [-0.39, 0.29) is 18.4 Å². The number of carbonyl (C=O) groups is 1. The fraction of sp³-hybridized carbons (Fsp3) is 0.500. The summed E-state index contributed by atoms with van der Waals surface area (Å²) < 4.78 is 0. The number of hydrogen-bond donors (Lipinski definition) is 2. The lowest BCUT2D eigenvalue weighted by Gasteiger charge is -2.15. The van der Waals surface area contributed by atoms with E-state index in [0.29, 0.717) is 6.54 Å². The van der Waals surface area contributed by atoms with Crippen molar-refractivity contribution >= 4 is 5.91 Å². The summed E-state index contributed by atoms with van der Waals surface area (Å²) in [6, 6.07) is 10.3. The Morgan fingerprint density at radius 1 is 1.39 bits per heavy atom. The second-order valence-corrected chi connectivity index (χ2v) is 4.72. The standard InChI is InChI=1S/C14H20N2O2/c17-9-7-15-14(18)13-6-8-16(11-13)10-12-4-2-1-3-5-12/h1-5,13,17H,6-11H2,(H,15,18). The largest absolute Gasteiger partial charge is 0.395 e. The van der Waals surface area contributed by atoms with Crippen molar-refractivity contribution in [1.29, 1.82) is 0 Å². The van der Waals surface area contributed by atoms with Gasteiger partial charge < -0.3 is 10.4 Å². The molecular formula is C14H20N2O2. The van der Waals surface area contributed by atoms with Crippen molar-refractivity contribution in [3.05, 3.63) is 35.9 Å². The molecule has 1 fully saturated rings. The number of aliphatic hydroxyl groups excluding tert-OH is 1. The average molecular weight is 248 g/mol. The molecule has 18 heavy (non-hydrogen) atoms. The van der Waals surface area contributed by atoms with E-state index < -0.39 is 0 Å². The minimum Gasteiger partial charge on any atom is -0.395 e. The molecule has 2 N–H and O–H groups in total. The molecule has 2 rings (SSSR count). The highest BCUT2D eigenvalue weighted by atomic mass is 16.3. The second-order valence-electron chi connectivity index (χ2n) is 4.72. The molecule has 0 bridgehead atoms. The van der Waals surface area contributed by atoms with E-state index in [0.717, 1.165) is 26.1 Å². The molecule has 1 atom stereocenters. The molecule has 1 aromatic carbocycles. The van der Waals surface area contributed by atoms with Crippen LogP contribution in [0.25, 0.3) is 0 Å². The Labute approximate surface area is 108 Å². The number of aliphatic hydroxyl groups is 1. The van der Waals surface area contributed by atoms with Crippen molar-refractivity contribution in [3.8, 4) is 0 Å². The molecule has 1 amide bonds. The summed E-state index contributed by atoms with van der Waals surface area (Å²) in [5, 5.41) is 11.4. The summed E-state index contributed by atoms with van der Waals surface area (Å²) in [7, 11) is 0. The lowest BCUT2D eigenvalue weighted by atomic mass is 10.1. The molecular weight excluding hydrogens is 228 g/mol. The van der Waals surface area contributed by atoms with Gasteiger partial charge in [0, 0.05) is 19.6 Å². The van der Waals surface area contributed by atoms with Crippen molar-refractivity contribution < 1.29 is 9.90 Å². The maximum atomic E-state index is 11.8. The maximum Gasteiger partial charge on any atom is 0.224 e. The Morgan fingerprint density at radius 3 is 2.89 bits per heavy atom. The lowest BCUT2D eigenvalue weighted by molar-refractivity contribution is -0.124. The van der Waals surface area contributed by atoms with Gasteiger partial charge in [0.05, 0.1) is 12.5 Å². The highest BCUT2D eigenvalue weighted by molar-refractivity contribution is 5.79. The summed E-state index contributed by atoms with van der Waals surface area (Å²) in [5.41, 5.74) is 1.29. The first-order valence-corrected chi connectivity index (χ1v) is 6.44. The summed E-state index contributed by atoms with van der Waals surface area (Å²) in [5.74, 6) is 0.139.